The minimum Gasteiger partial charge on any atom is -0.467 e. The van der Waals surface area contributed by atoms with E-state index in [9.17, 15) is 9.59 Å². The Kier molecular flexibility index (Phi) is 3.57. The third-order valence-corrected chi connectivity index (χ3v) is 3.93. The van der Waals surface area contributed by atoms with E-state index in [0.717, 1.165) is 0 Å². The molecule has 1 atom stereocenters. The molecule has 108 valence electrons. The Balaban J connectivity index is 1.74. The van der Waals surface area contributed by atoms with Gasteiger partial charge in [0.25, 0.3) is 5.56 Å². The first-order chi connectivity index (χ1) is 10.1. The Morgan fingerprint density at radius 3 is 3.14 bits per heavy atom. The van der Waals surface area contributed by atoms with Crippen molar-refractivity contribution >= 4 is 27.5 Å². The second-order valence-electron chi connectivity index (χ2n) is 4.62. The summed E-state index contributed by atoms with van der Waals surface area (Å²) in [5.74, 6) is 0.402. The molecule has 0 fully saturated rings. The predicted molar refractivity (Wildman–Crippen MR) is 79.1 cm³/mol. The highest BCUT2D eigenvalue weighted by Gasteiger charge is 2.13. The zero-order valence-corrected chi connectivity index (χ0v) is 12.1. The smallest absolute Gasteiger partial charge is 0.262 e. The molecule has 1 N–H and O–H groups in total. The van der Waals surface area contributed by atoms with Crippen LogP contribution in [0.1, 0.15) is 18.7 Å². The molecule has 0 saturated carbocycles. The number of nitrogens with one attached hydrogen (secondary N) is 1. The molecule has 1 amide bonds. The fraction of sp³-hybridized carbons (Fsp3) is 0.214. The van der Waals surface area contributed by atoms with E-state index in [1.54, 1.807) is 24.5 Å². The number of rotatable bonds is 4. The largest absolute Gasteiger partial charge is 0.467 e. The van der Waals surface area contributed by atoms with Crippen LogP contribution in [0.2, 0.25) is 0 Å². The molecule has 0 spiro atoms. The van der Waals surface area contributed by atoms with Gasteiger partial charge in [0.2, 0.25) is 5.91 Å². The second-order valence-corrected chi connectivity index (χ2v) is 5.52. The Bertz CT molecular complexity index is 819. The van der Waals surface area contributed by atoms with E-state index in [2.05, 4.69) is 10.3 Å². The van der Waals surface area contributed by atoms with Crippen LogP contribution in [0.4, 0.5) is 0 Å². The van der Waals surface area contributed by atoms with E-state index < -0.39 is 0 Å². The molecule has 0 aliphatic carbocycles. The second kappa shape index (κ2) is 5.53. The Morgan fingerprint density at radius 2 is 2.38 bits per heavy atom. The number of nitrogens with zero attached hydrogens (tertiary/aromatic N) is 2. The zero-order valence-electron chi connectivity index (χ0n) is 11.3. The van der Waals surface area contributed by atoms with Gasteiger partial charge in [-0.25, -0.2) is 4.98 Å². The molecule has 3 rings (SSSR count). The van der Waals surface area contributed by atoms with Gasteiger partial charge in [0.15, 0.2) is 0 Å². The summed E-state index contributed by atoms with van der Waals surface area (Å²) >= 11 is 1.40. The maximum atomic E-state index is 12.2. The van der Waals surface area contributed by atoms with Crippen molar-refractivity contribution in [3.63, 3.8) is 0 Å². The van der Waals surface area contributed by atoms with Crippen LogP contribution >= 0.6 is 11.3 Å². The summed E-state index contributed by atoms with van der Waals surface area (Å²) < 4.78 is 6.53. The normalized spacial score (nSPS) is 12.4. The van der Waals surface area contributed by atoms with Crippen LogP contribution in [0, 0.1) is 0 Å². The van der Waals surface area contributed by atoms with Crippen LogP contribution in [0.3, 0.4) is 0 Å². The molecule has 0 aromatic carbocycles. The lowest BCUT2D eigenvalue weighted by Gasteiger charge is -2.12. The fourth-order valence-electron chi connectivity index (χ4n) is 2.06. The number of carbonyl (C=O) groups is 1. The number of thiophene rings is 1. The van der Waals surface area contributed by atoms with E-state index in [4.69, 9.17) is 4.42 Å². The molecule has 0 saturated heterocycles. The van der Waals surface area contributed by atoms with Crippen molar-refractivity contribution in [3.8, 4) is 0 Å². The van der Waals surface area contributed by atoms with Gasteiger partial charge in [-0.1, -0.05) is 0 Å². The third kappa shape index (κ3) is 2.73. The first-order valence-corrected chi connectivity index (χ1v) is 7.28. The first kappa shape index (κ1) is 13.6. The summed E-state index contributed by atoms with van der Waals surface area (Å²) in [5, 5.41) is 5.13. The number of hydrogen-bond donors (Lipinski definition) is 1. The molecule has 0 aliphatic heterocycles. The van der Waals surface area contributed by atoms with Crippen molar-refractivity contribution in [3.05, 3.63) is 52.3 Å². The van der Waals surface area contributed by atoms with Crippen molar-refractivity contribution < 1.29 is 9.21 Å². The zero-order chi connectivity index (χ0) is 14.8. The number of hydrogen-bond acceptors (Lipinski definition) is 5. The molecular weight excluding hydrogens is 290 g/mol. The van der Waals surface area contributed by atoms with Crippen LogP contribution in [-0.2, 0) is 11.3 Å². The van der Waals surface area contributed by atoms with E-state index >= 15 is 0 Å². The minimum atomic E-state index is -0.266. The molecule has 21 heavy (non-hydrogen) atoms. The number of furan rings is 1. The van der Waals surface area contributed by atoms with E-state index in [-0.39, 0.29) is 24.1 Å². The maximum absolute atomic E-state index is 12.2. The summed E-state index contributed by atoms with van der Waals surface area (Å²) in [7, 11) is 0. The quantitative estimate of drug-likeness (QED) is 0.799. The first-order valence-electron chi connectivity index (χ1n) is 6.40. The summed E-state index contributed by atoms with van der Waals surface area (Å²) in [6, 6.07) is 5.02. The third-order valence-electron chi connectivity index (χ3n) is 3.11. The average Bonchev–Trinajstić information content (AvgIpc) is 3.12. The van der Waals surface area contributed by atoms with Crippen molar-refractivity contribution in [1.82, 2.24) is 14.9 Å². The van der Waals surface area contributed by atoms with Gasteiger partial charge in [-0.3, -0.25) is 14.2 Å². The van der Waals surface area contributed by atoms with Gasteiger partial charge in [0.05, 0.1) is 24.0 Å². The highest BCUT2D eigenvalue weighted by Crippen LogP contribution is 2.14. The average molecular weight is 303 g/mol. The van der Waals surface area contributed by atoms with Gasteiger partial charge >= 0.3 is 0 Å². The molecule has 6 nitrogen and oxygen atoms in total. The van der Waals surface area contributed by atoms with Gasteiger partial charge in [-0.05, 0) is 30.5 Å². The van der Waals surface area contributed by atoms with Gasteiger partial charge in [0.1, 0.15) is 17.1 Å². The molecule has 3 heterocycles. The molecule has 3 aromatic heterocycles. The Hall–Kier alpha value is -2.41. The predicted octanol–water partition coefficient (Wildman–Crippen LogP) is 1.93. The van der Waals surface area contributed by atoms with Gasteiger partial charge in [0, 0.05) is 0 Å². The SMILES string of the molecule is C[C@@H](NC(=O)Cn1cnc2sccc2c1=O)c1ccco1. The fourth-order valence-corrected chi connectivity index (χ4v) is 2.78. The molecule has 0 aliphatic rings. The number of aromatic nitrogens is 2. The van der Waals surface area contributed by atoms with Crippen LogP contribution in [0.25, 0.3) is 10.2 Å². The summed E-state index contributed by atoms with van der Waals surface area (Å²) in [6.07, 6.45) is 2.95. The van der Waals surface area contributed by atoms with Crippen molar-refractivity contribution in [1.29, 1.82) is 0 Å². The standard InChI is InChI=1S/C14H13N3O3S/c1-9(11-3-2-5-20-11)16-12(18)7-17-8-15-13-10(14(17)19)4-6-21-13/h2-6,8-9H,7H2,1H3,(H,16,18)/t9-/m1/s1. The summed E-state index contributed by atoms with van der Waals surface area (Å²) in [6.45, 7) is 1.75. The number of amides is 1. The molecule has 0 radical (unpaired) electrons. The maximum Gasteiger partial charge on any atom is 0.262 e. The lowest BCUT2D eigenvalue weighted by atomic mass is 10.2. The number of fused-ring (bicyclic) bond motifs is 1. The topological polar surface area (TPSA) is 77.1 Å². The van der Waals surface area contributed by atoms with Crippen LogP contribution < -0.4 is 10.9 Å². The monoisotopic (exact) mass is 303 g/mol. The van der Waals surface area contributed by atoms with Crippen molar-refractivity contribution in [2.45, 2.75) is 19.5 Å². The summed E-state index contributed by atoms with van der Waals surface area (Å²) in [5.41, 5.74) is -0.206. The van der Waals surface area contributed by atoms with E-state index in [1.807, 2.05) is 12.3 Å². The van der Waals surface area contributed by atoms with Gasteiger partial charge < -0.3 is 9.73 Å². The van der Waals surface area contributed by atoms with Crippen LogP contribution in [0.15, 0.2) is 45.4 Å². The Morgan fingerprint density at radius 1 is 1.52 bits per heavy atom. The van der Waals surface area contributed by atoms with Gasteiger partial charge in [-0.15, -0.1) is 11.3 Å². The summed E-state index contributed by atoms with van der Waals surface area (Å²) in [4.78, 5) is 29.0. The Labute approximate surface area is 124 Å². The van der Waals surface area contributed by atoms with Crippen molar-refractivity contribution in [2.75, 3.05) is 0 Å². The lowest BCUT2D eigenvalue weighted by Crippen LogP contribution is -2.33. The van der Waals surface area contributed by atoms with E-state index in [1.165, 1.54) is 22.2 Å². The molecule has 3 aromatic rings. The number of carbonyl (C=O) groups excluding carboxylic acids is 1. The molecule has 0 unspecified atom stereocenters. The van der Waals surface area contributed by atoms with Crippen molar-refractivity contribution in [2.24, 2.45) is 0 Å². The lowest BCUT2D eigenvalue weighted by molar-refractivity contribution is -0.122. The van der Waals surface area contributed by atoms with Crippen LogP contribution in [-0.4, -0.2) is 15.5 Å². The highest BCUT2D eigenvalue weighted by molar-refractivity contribution is 7.16. The van der Waals surface area contributed by atoms with Gasteiger partial charge in [-0.2, -0.15) is 0 Å². The molecule has 7 heteroatoms. The van der Waals surface area contributed by atoms with E-state index in [0.29, 0.717) is 16.0 Å². The molecule has 0 bridgehead atoms. The minimum absolute atomic E-state index is 0.0668. The molecular formula is C14H13N3O3S. The highest BCUT2D eigenvalue weighted by atomic mass is 32.1. The van der Waals surface area contributed by atoms with Crippen LogP contribution in [0.5, 0.6) is 0 Å².